The minimum atomic E-state index is -3.77. The summed E-state index contributed by atoms with van der Waals surface area (Å²) in [4.78, 5) is 14.4. The van der Waals surface area contributed by atoms with Crippen LogP contribution in [-0.2, 0) is 16.6 Å². The van der Waals surface area contributed by atoms with Crippen molar-refractivity contribution in [3.8, 4) is 0 Å². The average molecular weight is 429 g/mol. The van der Waals surface area contributed by atoms with Crippen molar-refractivity contribution in [3.63, 3.8) is 0 Å². The summed E-state index contributed by atoms with van der Waals surface area (Å²) in [6.07, 6.45) is 0. The Bertz CT molecular complexity index is 1110. The third-order valence-corrected chi connectivity index (χ3v) is 6.10. The average Bonchev–Trinajstić information content (AvgIpc) is 2.70. The second-order valence-electron chi connectivity index (χ2n) is 6.76. The molecule has 0 atom stereocenters. The second-order valence-corrected chi connectivity index (χ2v) is 8.85. The Hall–Kier alpha value is -2.83. The summed E-state index contributed by atoms with van der Waals surface area (Å²) in [5, 5.41) is 0.152. The van der Waals surface area contributed by atoms with Crippen LogP contribution in [0, 0.1) is 6.92 Å². The number of sulfonamides is 1. The van der Waals surface area contributed by atoms with Gasteiger partial charge in [0, 0.05) is 19.2 Å². The number of carbonyl (C=O) groups is 1. The molecule has 1 N–H and O–H groups in total. The summed E-state index contributed by atoms with van der Waals surface area (Å²) >= 11 is 6.26. The van der Waals surface area contributed by atoms with Gasteiger partial charge in [-0.25, -0.2) is 8.42 Å². The van der Waals surface area contributed by atoms with E-state index in [1.807, 2.05) is 37.3 Å². The van der Waals surface area contributed by atoms with E-state index >= 15 is 0 Å². The van der Waals surface area contributed by atoms with Crippen LogP contribution in [0.3, 0.4) is 0 Å². The molecule has 29 heavy (non-hydrogen) atoms. The second kappa shape index (κ2) is 8.68. The van der Waals surface area contributed by atoms with Gasteiger partial charge in [-0.15, -0.1) is 0 Å². The van der Waals surface area contributed by atoms with Gasteiger partial charge in [0.25, 0.3) is 15.9 Å². The Balaban J connectivity index is 1.76. The fraction of sp³-hybridized carbons (Fsp3) is 0.136. The lowest BCUT2D eigenvalue weighted by molar-refractivity contribution is 0.0785. The first-order chi connectivity index (χ1) is 13.8. The molecule has 3 aromatic carbocycles. The van der Waals surface area contributed by atoms with E-state index in [9.17, 15) is 13.2 Å². The van der Waals surface area contributed by atoms with Gasteiger partial charge in [0.05, 0.1) is 15.6 Å². The van der Waals surface area contributed by atoms with Crippen molar-refractivity contribution in [1.29, 1.82) is 0 Å². The van der Waals surface area contributed by atoms with Gasteiger partial charge < -0.3 is 4.90 Å². The largest absolute Gasteiger partial charge is 0.337 e. The van der Waals surface area contributed by atoms with Crippen molar-refractivity contribution in [2.75, 3.05) is 11.8 Å². The van der Waals surface area contributed by atoms with Gasteiger partial charge in [-0.1, -0.05) is 59.6 Å². The van der Waals surface area contributed by atoms with Crippen molar-refractivity contribution < 1.29 is 13.2 Å². The lowest BCUT2D eigenvalue weighted by atomic mass is 10.1. The molecule has 0 bridgehead atoms. The highest BCUT2D eigenvalue weighted by Crippen LogP contribution is 2.26. The van der Waals surface area contributed by atoms with Crippen molar-refractivity contribution in [2.24, 2.45) is 0 Å². The third kappa shape index (κ3) is 5.16. The summed E-state index contributed by atoms with van der Waals surface area (Å²) in [5.41, 5.74) is 2.57. The minimum Gasteiger partial charge on any atom is -0.337 e. The van der Waals surface area contributed by atoms with Crippen LogP contribution < -0.4 is 4.72 Å². The van der Waals surface area contributed by atoms with Crippen LogP contribution in [0.15, 0.2) is 77.7 Å². The highest BCUT2D eigenvalue weighted by atomic mass is 35.5. The van der Waals surface area contributed by atoms with Crippen molar-refractivity contribution >= 4 is 33.2 Å². The first-order valence-corrected chi connectivity index (χ1v) is 10.8. The van der Waals surface area contributed by atoms with E-state index in [1.165, 1.54) is 24.3 Å². The number of anilines is 1. The van der Waals surface area contributed by atoms with Gasteiger partial charge >= 0.3 is 0 Å². The van der Waals surface area contributed by atoms with E-state index in [1.54, 1.807) is 30.1 Å². The monoisotopic (exact) mass is 428 g/mol. The van der Waals surface area contributed by atoms with E-state index in [0.717, 1.165) is 11.1 Å². The molecule has 0 spiro atoms. The molecule has 3 aromatic rings. The van der Waals surface area contributed by atoms with E-state index < -0.39 is 10.0 Å². The number of nitrogens with zero attached hydrogens (tertiary/aromatic N) is 1. The molecule has 0 heterocycles. The predicted molar refractivity (Wildman–Crippen MR) is 116 cm³/mol. The number of rotatable bonds is 6. The third-order valence-electron chi connectivity index (χ3n) is 4.40. The lowest BCUT2D eigenvalue weighted by Crippen LogP contribution is -2.26. The summed E-state index contributed by atoms with van der Waals surface area (Å²) in [6.45, 7) is 2.34. The SMILES string of the molecule is Cc1ccc(S(=O)(=O)Nc2ccc(C(=O)N(C)Cc3ccccc3)cc2Cl)cc1. The molecule has 0 aliphatic carbocycles. The number of hydrogen-bond donors (Lipinski definition) is 1. The van der Waals surface area contributed by atoms with E-state index in [-0.39, 0.29) is 21.5 Å². The number of benzene rings is 3. The number of halogens is 1. The molecule has 0 unspecified atom stereocenters. The number of nitrogens with one attached hydrogen (secondary N) is 1. The van der Waals surface area contributed by atoms with Gasteiger partial charge in [-0.3, -0.25) is 9.52 Å². The molecule has 0 aromatic heterocycles. The normalized spacial score (nSPS) is 11.1. The topological polar surface area (TPSA) is 66.5 Å². The molecule has 0 aliphatic rings. The summed E-state index contributed by atoms with van der Waals surface area (Å²) < 4.78 is 27.6. The minimum absolute atomic E-state index is 0.141. The molecule has 0 saturated carbocycles. The number of hydrogen-bond acceptors (Lipinski definition) is 3. The fourth-order valence-electron chi connectivity index (χ4n) is 2.80. The van der Waals surface area contributed by atoms with Crippen LogP contribution in [-0.4, -0.2) is 26.3 Å². The van der Waals surface area contributed by atoms with Gasteiger partial charge in [-0.2, -0.15) is 0 Å². The van der Waals surface area contributed by atoms with E-state index in [2.05, 4.69) is 4.72 Å². The van der Waals surface area contributed by atoms with E-state index in [0.29, 0.717) is 12.1 Å². The summed E-state index contributed by atoms with van der Waals surface area (Å²) in [5.74, 6) is -0.205. The Labute approximate surface area is 176 Å². The van der Waals surface area contributed by atoms with Crippen molar-refractivity contribution in [3.05, 3.63) is 94.5 Å². The maximum absolute atomic E-state index is 12.7. The van der Waals surface area contributed by atoms with Gasteiger partial charge in [-0.05, 0) is 42.8 Å². The predicted octanol–water partition coefficient (Wildman–Crippen LogP) is 4.72. The number of carbonyl (C=O) groups excluding carboxylic acids is 1. The maximum Gasteiger partial charge on any atom is 0.261 e. The zero-order chi connectivity index (χ0) is 21.0. The molecule has 0 fully saturated rings. The number of aryl methyl sites for hydroxylation is 1. The highest BCUT2D eigenvalue weighted by Gasteiger charge is 2.18. The maximum atomic E-state index is 12.7. The van der Waals surface area contributed by atoms with Gasteiger partial charge in [0.1, 0.15) is 0 Å². The van der Waals surface area contributed by atoms with Crippen LogP contribution in [0.1, 0.15) is 21.5 Å². The zero-order valence-corrected chi connectivity index (χ0v) is 17.7. The van der Waals surface area contributed by atoms with Crippen LogP contribution in [0.2, 0.25) is 5.02 Å². The Morgan fingerprint density at radius 1 is 1.00 bits per heavy atom. The first kappa shape index (κ1) is 20.9. The van der Waals surface area contributed by atoms with Crippen LogP contribution >= 0.6 is 11.6 Å². The van der Waals surface area contributed by atoms with E-state index in [4.69, 9.17) is 11.6 Å². The Kier molecular flexibility index (Phi) is 6.25. The number of amides is 1. The molecule has 1 amide bonds. The Morgan fingerprint density at radius 2 is 1.66 bits per heavy atom. The molecule has 3 rings (SSSR count). The molecule has 5 nitrogen and oxygen atoms in total. The molecule has 7 heteroatoms. The standard InChI is InChI=1S/C22H21ClN2O3S/c1-16-8-11-19(12-9-16)29(27,28)24-21-13-10-18(14-20(21)23)22(26)25(2)15-17-6-4-3-5-7-17/h3-14,24H,15H2,1-2H3. The molecular formula is C22H21ClN2O3S. The van der Waals surface area contributed by atoms with Crippen LogP contribution in [0.5, 0.6) is 0 Å². The van der Waals surface area contributed by atoms with Crippen LogP contribution in [0.4, 0.5) is 5.69 Å². The van der Waals surface area contributed by atoms with Gasteiger partial charge in [0.2, 0.25) is 0 Å². The van der Waals surface area contributed by atoms with Crippen molar-refractivity contribution in [2.45, 2.75) is 18.4 Å². The summed E-state index contributed by atoms with van der Waals surface area (Å²) in [7, 11) is -2.07. The zero-order valence-electron chi connectivity index (χ0n) is 16.1. The molecule has 0 saturated heterocycles. The molecular weight excluding hydrogens is 408 g/mol. The highest BCUT2D eigenvalue weighted by molar-refractivity contribution is 7.92. The van der Waals surface area contributed by atoms with Crippen molar-refractivity contribution in [1.82, 2.24) is 4.90 Å². The molecule has 0 aliphatic heterocycles. The van der Waals surface area contributed by atoms with Gasteiger partial charge in [0.15, 0.2) is 0 Å². The summed E-state index contributed by atoms with van der Waals surface area (Å²) in [6, 6.07) is 20.7. The fourth-order valence-corrected chi connectivity index (χ4v) is 4.17. The molecule has 150 valence electrons. The first-order valence-electron chi connectivity index (χ1n) is 8.95. The molecule has 0 radical (unpaired) electrons. The smallest absolute Gasteiger partial charge is 0.261 e. The lowest BCUT2D eigenvalue weighted by Gasteiger charge is -2.18. The van der Waals surface area contributed by atoms with Crippen LogP contribution in [0.25, 0.3) is 0 Å². The Morgan fingerprint density at radius 3 is 2.28 bits per heavy atom. The quantitative estimate of drug-likeness (QED) is 0.617.